The van der Waals surface area contributed by atoms with Crippen LogP contribution in [-0.2, 0) is 17.7 Å². The molecule has 1 aromatic carbocycles. The standard InChI is InChI=1S/C38H43F4N9O3/c1-36(2,3)54-35(53)49-13-11-37(38(41,42)21-49)19-48(20-37)18-22-14-26(40)32(44-16-22)24-6-5-7-29-23(24)10-12-50(29)31-15-28(43-4)33-45-17-30(51(33)47-31)34(52)46-27-9-8-25(27)39/h5-7,14-17,25,27,43H,8-13,18-21H2,1-4H3,(H,46,52)/t25-,27-/m1/s1. The number of anilines is 3. The number of fused-ring (bicyclic) bond motifs is 2. The molecule has 6 heterocycles. The number of carbonyl (C=O) groups is 2. The fraction of sp³-hybridized carbons (Fsp3) is 0.500. The Bertz CT molecular complexity index is 2130. The Morgan fingerprint density at radius 2 is 1.85 bits per heavy atom. The van der Waals surface area contributed by atoms with E-state index in [-0.39, 0.29) is 44.0 Å². The average Bonchev–Trinajstić information content (AvgIpc) is 3.74. The Morgan fingerprint density at radius 3 is 2.52 bits per heavy atom. The number of rotatable bonds is 7. The van der Waals surface area contributed by atoms with Crippen molar-refractivity contribution in [1.82, 2.24) is 34.7 Å². The molecule has 286 valence electrons. The minimum atomic E-state index is -3.09. The predicted octanol–water partition coefficient (Wildman–Crippen LogP) is 5.97. The van der Waals surface area contributed by atoms with E-state index in [0.717, 1.165) is 16.2 Å². The van der Waals surface area contributed by atoms with E-state index >= 15 is 13.2 Å². The van der Waals surface area contributed by atoms with Gasteiger partial charge in [0.05, 0.1) is 29.9 Å². The number of amides is 2. The fourth-order valence-corrected chi connectivity index (χ4v) is 8.02. The summed E-state index contributed by atoms with van der Waals surface area (Å²) in [6.45, 7) is 5.67. The average molecular weight is 750 g/mol. The van der Waals surface area contributed by atoms with Crippen LogP contribution in [0, 0.1) is 11.2 Å². The lowest BCUT2D eigenvalue weighted by Crippen LogP contribution is -2.70. The number of benzene rings is 1. The van der Waals surface area contributed by atoms with Gasteiger partial charge in [0.25, 0.3) is 11.8 Å². The molecule has 16 heteroatoms. The van der Waals surface area contributed by atoms with Crippen molar-refractivity contribution >= 4 is 34.8 Å². The molecule has 1 aliphatic carbocycles. The number of halogens is 4. The summed E-state index contributed by atoms with van der Waals surface area (Å²) < 4.78 is 67.4. The molecule has 3 aliphatic heterocycles. The molecular weight excluding hydrogens is 706 g/mol. The SMILES string of the molecule is CNc1cc(N2CCc3c(-c4ncc(CN5CC6(CCN(C(=O)OC(C)(C)C)CC6(F)F)C5)cc4F)cccc32)nn2c(C(=O)N[C@@H]3CC[C@H]3F)cnc12. The van der Waals surface area contributed by atoms with Crippen LogP contribution in [0.5, 0.6) is 0 Å². The maximum absolute atomic E-state index is 15.9. The van der Waals surface area contributed by atoms with E-state index in [1.54, 1.807) is 34.0 Å². The van der Waals surface area contributed by atoms with Gasteiger partial charge in [-0.3, -0.25) is 14.7 Å². The number of ether oxygens (including phenoxy) is 1. The van der Waals surface area contributed by atoms with Crippen molar-refractivity contribution in [2.75, 3.05) is 50.0 Å². The van der Waals surface area contributed by atoms with Gasteiger partial charge < -0.3 is 25.2 Å². The summed E-state index contributed by atoms with van der Waals surface area (Å²) in [6, 6.07) is 8.30. The summed E-state index contributed by atoms with van der Waals surface area (Å²) in [5.74, 6) is -3.52. The van der Waals surface area contributed by atoms with Gasteiger partial charge in [-0.25, -0.2) is 31.9 Å². The van der Waals surface area contributed by atoms with Gasteiger partial charge in [0.15, 0.2) is 17.2 Å². The second-order valence-corrected chi connectivity index (χ2v) is 15.9. The van der Waals surface area contributed by atoms with Gasteiger partial charge in [-0.15, -0.1) is 5.10 Å². The van der Waals surface area contributed by atoms with E-state index in [1.807, 2.05) is 34.1 Å². The zero-order valence-electron chi connectivity index (χ0n) is 30.6. The number of aromatic nitrogens is 4. The van der Waals surface area contributed by atoms with E-state index in [2.05, 4.69) is 20.6 Å². The van der Waals surface area contributed by atoms with Crippen LogP contribution in [-0.4, -0.2) is 105 Å². The number of carbonyl (C=O) groups excluding carboxylic acids is 2. The minimum Gasteiger partial charge on any atom is -0.444 e. The van der Waals surface area contributed by atoms with Gasteiger partial charge in [0, 0.05) is 63.3 Å². The first-order valence-corrected chi connectivity index (χ1v) is 18.3. The van der Waals surface area contributed by atoms with Crippen LogP contribution in [0.1, 0.15) is 61.6 Å². The highest BCUT2D eigenvalue weighted by Gasteiger charge is 2.63. The highest BCUT2D eigenvalue weighted by molar-refractivity contribution is 5.94. The lowest BCUT2D eigenvalue weighted by atomic mass is 9.69. The van der Waals surface area contributed by atoms with Crippen molar-refractivity contribution < 1.29 is 31.9 Å². The Balaban J connectivity index is 0.971. The summed E-state index contributed by atoms with van der Waals surface area (Å²) in [6.07, 6.45) is 2.94. The molecule has 0 unspecified atom stereocenters. The topological polar surface area (TPSA) is 120 Å². The van der Waals surface area contributed by atoms with Gasteiger partial charge in [0.2, 0.25) is 0 Å². The van der Waals surface area contributed by atoms with E-state index in [4.69, 9.17) is 9.84 Å². The molecule has 2 saturated heterocycles. The van der Waals surface area contributed by atoms with Crippen LogP contribution >= 0.6 is 0 Å². The molecule has 4 aliphatic rings. The molecule has 0 radical (unpaired) electrons. The summed E-state index contributed by atoms with van der Waals surface area (Å²) in [4.78, 5) is 39.4. The van der Waals surface area contributed by atoms with Crippen LogP contribution in [0.25, 0.3) is 16.9 Å². The summed E-state index contributed by atoms with van der Waals surface area (Å²) in [7, 11) is 1.75. The molecule has 2 atom stereocenters. The van der Waals surface area contributed by atoms with Crippen LogP contribution < -0.4 is 15.5 Å². The van der Waals surface area contributed by atoms with Crippen LogP contribution in [0.15, 0.2) is 42.7 Å². The molecule has 4 aromatic rings. The van der Waals surface area contributed by atoms with Crippen molar-refractivity contribution in [3.05, 3.63) is 65.4 Å². The molecule has 2 amide bonds. The number of imidazole rings is 1. The first-order valence-electron chi connectivity index (χ1n) is 18.3. The number of likely N-dealkylation sites (tertiary alicyclic amines) is 2. The number of hydrogen-bond donors (Lipinski definition) is 2. The van der Waals surface area contributed by atoms with E-state index in [0.29, 0.717) is 54.1 Å². The largest absolute Gasteiger partial charge is 0.444 e. The smallest absolute Gasteiger partial charge is 0.410 e. The van der Waals surface area contributed by atoms with Crippen molar-refractivity contribution in [3.63, 3.8) is 0 Å². The molecule has 54 heavy (non-hydrogen) atoms. The molecule has 1 saturated carbocycles. The number of nitrogens with zero attached hydrogens (tertiary/aromatic N) is 7. The van der Waals surface area contributed by atoms with Crippen LogP contribution in [0.2, 0.25) is 0 Å². The Hall–Kier alpha value is -4.99. The molecule has 3 aromatic heterocycles. The van der Waals surface area contributed by atoms with E-state index < -0.39 is 53.5 Å². The van der Waals surface area contributed by atoms with E-state index in [1.165, 1.54) is 16.8 Å². The maximum atomic E-state index is 15.9. The van der Waals surface area contributed by atoms with Gasteiger partial charge in [-0.2, -0.15) is 0 Å². The number of nitrogens with one attached hydrogen (secondary N) is 2. The lowest BCUT2D eigenvalue weighted by Gasteiger charge is -2.57. The highest BCUT2D eigenvalue weighted by atomic mass is 19.3. The monoisotopic (exact) mass is 749 g/mol. The summed E-state index contributed by atoms with van der Waals surface area (Å²) in [5, 5.41) is 10.6. The second-order valence-electron chi connectivity index (χ2n) is 15.9. The molecule has 12 nitrogen and oxygen atoms in total. The van der Waals surface area contributed by atoms with Crippen molar-refractivity contribution in [2.45, 2.75) is 76.7 Å². The fourth-order valence-electron chi connectivity index (χ4n) is 8.02. The van der Waals surface area contributed by atoms with Crippen molar-refractivity contribution in [3.8, 4) is 11.3 Å². The normalized spacial score (nSPS) is 21.8. The zero-order valence-corrected chi connectivity index (χ0v) is 30.6. The quantitative estimate of drug-likeness (QED) is 0.220. The third-order valence-electron chi connectivity index (χ3n) is 11.1. The molecule has 2 N–H and O–H groups in total. The number of pyridine rings is 1. The second kappa shape index (κ2) is 13.1. The first-order chi connectivity index (χ1) is 25.6. The van der Waals surface area contributed by atoms with Crippen LogP contribution in [0.3, 0.4) is 0 Å². The van der Waals surface area contributed by atoms with Crippen molar-refractivity contribution in [1.29, 1.82) is 0 Å². The summed E-state index contributed by atoms with van der Waals surface area (Å²) in [5.41, 5.74) is 2.36. The highest BCUT2D eigenvalue weighted by Crippen LogP contribution is 2.51. The van der Waals surface area contributed by atoms with Crippen molar-refractivity contribution in [2.24, 2.45) is 5.41 Å². The zero-order chi connectivity index (χ0) is 38.2. The Morgan fingerprint density at radius 1 is 1.06 bits per heavy atom. The Kier molecular flexibility index (Phi) is 8.73. The molecule has 1 spiro atoms. The predicted molar refractivity (Wildman–Crippen MR) is 193 cm³/mol. The number of hydrogen-bond acceptors (Lipinski definition) is 9. The molecule has 8 rings (SSSR count). The minimum absolute atomic E-state index is 0.131. The summed E-state index contributed by atoms with van der Waals surface area (Å²) >= 11 is 0. The first kappa shape index (κ1) is 36.0. The van der Waals surface area contributed by atoms with Gasteiger partial charge in [0.1, 0.15) is 23.3 Å². The molecular formula is C38H43F4N9O3. The third-order valence-corrected chi connectivity index (χ3v) is 11.1. The van der Waals surface area contributed by atoms with E-state index in [9.17, 15) is 14.0 Å². The number of piperidine rings is 1. The number of alkyl halides is 3. The Labute approximate surface area is 309 Å². The lowest BCUT2D eigenvalue weighted by molar-refractivity contribution is -0.223. The van der Waals surface area contributed by atoms with Gasteiger partial charge in [-0.1, -0.05) is 12.1 Å². The van der Waals surface area contributed by atoms with Gasteiger partial charge in [-0.05, 0) is 69.7 Å². The maximum Gasteiger partial charge on any atom is 0.410 e. The molecule has 3 fully saturated rings. The third kappa shape index (κ3) is 6.27. The van der Waals surface area contributed by atoms with Gasteiger partial charge >= 0.3 is 6.09 Å². The van der Waals surface area contributed by atoms with Crippen LogP contribution in [0.4, 0.5) is 39.5 Å². The molecule has 0 bridgehead atoms.